The molecule has 0 aliphatic heterocycles. The minimum absolute atomic E-state index is 0.373. The molecule has 2 aromatic heterocycles. The second-order valence-corrected chi connectivity index (χ2v) is 6.41. The van der Waals surface area contributed by atoms with Gasteiger partial charge in [0.15, 0.2) is 5.82 Å². The molecule has 8 heteroatoms. The molecular formula is C21H16ClN5O2. The quantitative estimate of drug-likeness (QED) is 0.468. The van der Waals surface area contributed by atoms with Crippen LogP contribution < -0.4 is 15.4 Å². The molecule has 4 rings (SSSR count). The van der Waals surface area contributed by atoms with Crippen LogP contribution in [0.25, 0.3) is 5.82 Å². The Hall–Kier alpha value is -3.84. The minimum Gasteiger partial charge on any atom is -0.438 e. The van der Waals surface area contributed by atoms with Gasteiger partial charge in [0.05, 0.1) is 10.7 Å². The Morgan fingerprint density at radius 2 is 1.62 bits per heavy atom. The van der Waals surface area contributed by atoms with Crippen molar-refractivity contribution >= 4 is 29.0 Å². The minimum atomic E-state index is -0.391. The van der Waals surface area contributed by atoms with E-state index in [9.17, 15) is 4.79 Å². The largest absolute Gasteiger partial charge is 0.438 e. The van der Waals surface area contributed by atoms with Crippen LogP contribution in [0.3, 0.4) is 0 Å². The zero-order valence-electron chi connectivity index (χ0n) is 15.1. The molecular weight excluding hydrogens is 390 g/mol. The molecule has 2 aromatic carbocycles. The molecule has 0 fully saturated rings. The third-order valence-electron chi connectivity index (χ3n) is 3.95. The first-order valence-corrected chi connectivity index (χ1v) is 9.13. The van der Waals surface area contributed by atoms with Gasteiger partial charge in [-0.2, -0.15) is 0 Å². The molecule has 0 unspecified atom stereocenters. The standard InChI is InChI=1S/C21H16ClN5O2/c22-17-5-1-2-6-18(17)24-21(28)23-15-7-9-16(10-8-15)29-20-12-11-19(25-26-20)27-13-3-4-14-27/h1-14H,(H2,23,24,28). The number of hydrogen-bond acceptors (Lipinski definition) is 4. The highest BCUT2D eigenvalue weighted by molar-refractivity contribution is 6.33. The molecule has 0 spiro atoms. The molecule has 0 aliphatic carbocycles. The fourth-order valence-corrected chi connectivity index (χ4v) is 2.75. The first-order chi connectivity index (χ1) is 14.2. The summed E-state index contributed by atoms with van der Waals surface area (Å²) < 4.78 is 7.55. The van der Waals surface area contributed by atoms with Crippen LogP contribution in [0.5, 0.6) is 11.6 Å². The van der Waals surface area contributed by atoms with Gasteiger partial charge in [-0.1, -0.05) is 23.7 Å². The summed E-state index contributed by atoms with van der Waals surface area (Å²) in [4.78, 5) is 12.1. The Balaban J connectivity index is 1.35. The maximum Gasteiger partial charge on any atom is 0.323 e. The fraction of sp³-hybridized carbons (Fsp3) is 0. The average molecular weight is 406 g/mol. The normalized spacial score (nSPS) is 10.4. The molecule has 0 atom stereocenters. The lowest BCUT2D eigenvalue weighted by molar-refractivity contribution is 0.262. The Morgan fingerprint density at radius 3 is 2.31 bits per heavy atom. The number of hydrogen-bond donors (Lipinski definition) is 2. The molecule has 4 aromatic rings. The molecule has 0 saturated carbocycles. The van der Waals surface area contributed by atoms with Crippen LogP contribution in [0, 0.1) is 0 Å². The summed E-state index contributed by atoms with van der Waals surface area (Å²) in [5.41, 5.74) is 1.14. The van der Waals surface area contributed by atoms with E-state index in [1.165, 1.54) is 0 Å². The molecule has 7 nitrogen and oxygen atoms in total. The van der Waals surface area contributed by atoms with Gasteiger partial charge in [-0.05, 0) is 54.6 Å². The summed E-state index contributed by atoms with van der Waals surface area (Å²) in [5, 5.41) is 14.1. The highest BCUT2D eigenvalue weighted by Gasteiger charge is 2.06. The van der Waals surface area contributed by atoms with Gasteiger partial charge >= 0.3 is 6.03 Å². The van der Waals surface area contributed by atoms with Crippen molar-refractivity contribution in [2.45, 2.75) is 0 Å². The third kappa shape index (κ3) is 4.72. The number of amides is 2. The summed E-state index contributed by atoms with van der Waals surface area (Å²) in [5.74, 6) is 1.65. The van der Waals surface area contributed by atoms with Crippen LogP contribution in [0.15, 0.2) is 85.2 Å². The predicted molar refractivity (Wildman–Crippen MR) is 112 cm³/mol. The van der Waals surface area contributed by atoms with Crippen molar-refractivity contribution in [2.24, 2.45) is 0 Å². The van der Waals surface area contributed by atoms with Gasteiger partial charge in [-0.15, -0.1) is 10.2 Å². The second kappa shape index (κ2) is 8.45. The molecule has 0 radical (unpaired) electrons. The molecule has 144 valence electrons. The van der Waals surface area contributed by atoms with E-state index in [0.717, 1.165) is 0 Å². The maximum absolute atomic E-state index is 12.1. The van der Waals surface area contributed by atoms with Crippen molar-refractivity contribution < 1.29 is 9.53 Å². The van der Waals surface area contributed by atoms with E-state index in [1.54, 1.807) is 54.6 Å². The van der Waals surface area contributed by atoms with Crippen LogP contribution in [0.1, 0.15) is 0 Å². The van der Waals surface area contributed by atoms with E-state index >= 15 is 0 Å². The van der Waals surface area contributed by atoms with Crippen molar-refractivity contribution in [3.63, 3.8) is 0 Å². The summed E-state index contributed by atoms with van der Waals surface area (Å²) >= 11 is 6.04. The number of aromatic nitrogens is 3. The van der Waals surface area contributed by atoms with Crippen molar-refractivity contribution in [1.82, 2.24) is 14.8 Å². The van der Waals surface area contributed by atoms with Gasteiger partial charge < -0.3 is 19.9 Å². The lowest BCUT2D eigenvalue weighted by atomic mass is 10.3. The lowest BCUT2D eigenvalue weighted by Gasteiger charge is -2.10. The van der Waals surface area contributed by atoms with Crippen LogP contribution in [0.2, 0.25) is 5.02 Å². The van der Waals surface area contributed by atoms with Gasteiger partial charge in [0.1, 0.15) is 5.75 Å². The summed E-state index contributed by atoms with van der Waals surface area (Å²) in [6.45, 7) is 0. The average Bonchev–Trinajstić information content (AvgIpc) is 3.27. The number of anilines is 2. The van der Waals surface area contributed by atoms with Crippen LogP contribution in [-0.2, 0) is 0 Å². The first-order valence-electron chi connectivity index (χ1n) is 8.75. The molecule has 2 amide bonds. The molecule has 0 aliphatic rings. The summed E-state index contributed by atoms with van der Waals surface area (Å²) in [6.07, 6.45) is 3.77. The zero-order chi connectivity index (χ0) is 20.1. The molecule has 0 bridgehead atoms. The first kappa shape index (κ1) is 18.5. The topological polar surface area (TPSA) is 81.1 Å². The van der Waals surface area contributed by atoms with Crippen molar-refractivity contribution in [2.75, 3.05) is 10.6 Å². The van der Waals surface area contributed by atoms with Gasteiger partial charge in [-0.3, -0.25) is 0 Å². The van der Waals surface area contributed by atoms with Crippen LogP contribution in [0.4, 0.5) is 16.2 Å². The van der Waals surface area contributed by atoms with Crippen LogP contribution >= 0.6 is 11.6 Å². The van der Waals surface area contributed by atoms with E-state index in [-0.39, 0.29) is 0 Å². The molecule has 2 heterocycles. The SMILES string of the molecule is O=C(Nc1ccc(Oc2ccc(-n3cccc3)nn2)cc1)Nc1ccccc1Cl. The number of urea groups is 1. The van der Waals surface area contributed by atoms with E-state index in [0.29, 0.717) is 33.8 Å². The summed E-state index contributed by atoms with van der Waals surface area (Å²) in [7, 11) is 0. The number of ether oxygens (including phenoxy) is 1. The fourth-order valence-electron chi connectivity index (χ4n) is 2.57. The number of carbonyl (C=O) groups excluding carboxylic acids is 1. The monoisotopic (exact) mass is 405 g/mol. The van der Waals surface area contributed by atoms with E-state index in [4.69, 9.17) is 16.3 Å². The van der Waals surface area contributed by atoms with Crippen molar-refractivity contribution in [3.05, 3.63) is 90.2 Å². The number of rotatable bonds is 5. The van der Waals surface area contributed by atoms with Crippen LogP contribution in [-0.4, -0.2) is 20.8 Å². The second-order valence-electron chi connectivity index (χ2n) is 6.01. The van der Waals surface area contributed by atoms with Gasteiger partial charge in [0.25, 0.3) is 0 Å². The highest BCUT2D eigenvalue weighted by atomic mass is 35.5. The van der Waals surface area contributed by atoms with E-state index in [1.807, 2.05) is 35.2 Å². The maximum atomic E-state index is 12.1. The molecule has 0 saturated heterocycles. The number of nitrogens with zero attached hydrogens (tertiary/aromatic N) is 3. The molecule has 2 N–H and O–H groups in total. The lowest BCUT2D eigenvalue weighted by Crippen LogP contribution is -2.19. The Morgan fingerprint density at radius 1 is 0.862 bits per heavy atom. The van der Waals surface area contributed by atoms with Crippen molar-refractivity contribution in [1.29, 1.82) is 0 Å². The Labute approximate surface area is 171 Å². The summed E-state index contributed by atoms with van der Waals surface area (Å²) in [6, 6.07) is 20.9. The Kier molecular flexibility index (Phi) is 5.40. The van der Waals surface area contributed by atoms with E-state index < -0.39 is 6.03 Å². The van der Waals surface area contributed by atoms with Crippen molar-refractivity contribution in [3.8, 4) is 17.4 Å². The predicted octanol–water partition coefficient (Wildman–Crippen LogP) is 5.36. The number of para-hydroxylation sites is 1. The zero-order valence-corrected chi connectivity index (χ0v) is 15.9. The van der Waals surface area contributed by atoms with Gasteiger partial charge in [0.2, 0.25) is 5.88 Å². The molecule has 29 heavy (non-hydrogen) atoms. The number of nitrogens with one attached hydrogen (secondary N) is 2. The van der Waals surface area contributed by atoms with Gasteiger partial charge in [0, 0.05) is 24.1 Å². The number of halogens is 1. The number of benzene rings is 2. The van der Waals surface area contributed by atoms with E-state index in [2.05, 4.69) is 20.8 Å². The number of carbonyl (C=O) groups is 1. The Bertz CT molecular complexity index is 1100. The highest BCUT2D eigenvalue weighted by Crippen LogP contribution is 2.23. The smallest absolute Gasteiger partial charge is 0.323 e. The third-order valence-corrected chi connectivity index (χ3v) is 4.28. The van der Waals surface area contributed by atoms with Gasteiger partial charge in [-0.25, -0.2) is 4.79 Å².